The molecule has 0 saturated heterocycles. The molecule has 1 heterocycles. The van der Waals surface area contributed by atoms with E-state index in [2.05, 4.69) is 17.2 Å². The van der Waals surface area contributed by atoms with Gasteiger partial charge in [-0.05, 0) is 18.6 Å². The molecule has 1 aromatic heterocycles. The highest BCUT2D eigenvalue weighted by Crippen LogP contribution is 2.25. The molecule has 0 aliphatic carbocycles. The van der Waals surface area contributed by atoms with Gasteiger partial charge in [0.2, 0.25) is 0 Å². The summed E-state index contributed by atoms with van der Waals surface area (Å²) in [5.74, 6) is 0. The topological polar surface area (TPSA) is 45.2 Å². The number of aliphatic hydroxyl groups is 1. The average molecular weight is 331 g/mol. The van der Waals surface area contributed by atoms with E-state index >= 15 is 0 Å². The van der Waals surface area contributed by atoms with Crippen LogP contribution in [-0.4, -0.2) is 16.6 Å². The van der Waals surface area contributed by atoms with Crippen LogP contribution in [0.4, 0.5) is 0 Å². The van der Waals surface area contributed by atoms with E-state index in [-0.39, 0.29) is 0 Å². The molecule has 1 atom stereocenters. The second kappa shape index (κ2) is 7.38. The van der Waals surface area contributed by atoms with Crippen molar-refractivity contribution in [2.45, 2.75) is 26.0 Å². The van der Waals surface area contributed by atoms with Gasteiger partial charge in [0.05, 0.1) is 16.8 Å². The molecule has 1 unspecified atom stereocenters. The van der Waals surface area contributed by atoms with E-state index in [1.54, 1.807) is 29.5 Å². The minimum absolute atomic E-state index is 0.417. The maximum atomic E-state index is 10.1. The van der Waals surface area contributed by atoms with Crippen molar-refractivity contribution in [3.8, 4) is 0 Å². The summed E-state index contributed by atoms with van der Waals surface area (Å²) >= 11 is 13.6. The van der Waals surface area contributed by atoms with Crippen LogP contribution < -0.4 is 5.32 Å². The Kier molecular flexibility index (Phi) is 5.81. The molecule has 0 bridgehead atoms. The Morgan fingerprint density at radius 3 is 2.85 bits per heavy atom. The highest BCUT2D eigenvalue weighted by atomic mass is 35.5. The van der Waals surface area contributed by atoms with Crippen LogP contribution in [0.5, 0.6) is 0 Å². The minimum Gasteiger partial charge on any atom is -0.387 e. The number of benzene rings is 1. The van der Waals surface area contributed by atoms with Crippen molar-refractivity contribution in [3.05, 3.63) is 49.9 Å². The summed E-state index contributed by atoms with van der Waals surface area (Å²) in [6, 6.07) is 5.10. The Hall–Kier alpha value is -0.650. The smallest absolute Gasteiger partial charge is 0.0928 e. The summed E-state index contributed by atoms with van der Waals surface area (Å²) in [5.41, 5.74) is 1.68. The highest BCUT2D eigenvalue weighted by molar-refractivity contribution is 7.09. The number of rotatable bonds is 6. The molecule has 1 aromatic carbocycles. The number of hydrogen-bond acceptors (Lipinski definition) is 4. The maximum absolute atomic E-state index is 10.1. The van der Waals surface area contributed by atoms with Gasteiger partial charge < -0.3 is 10.4 Å². The molecular weight excluding hydrogens is 315 g/mol. The fourth-order valence-corrected chi connectivity index (χ4v) is 3.09. The fourth-order valence-electron chi connectivity index (χ4n) is 1.81. The standard InChI is InChI=1S/C14H16Cl2N2OS/c1-2-14-18-10(8-20-14)6-17-7-13(19)11-4-3-9(15)5-12(11)16/h3-5,8,13,17,19H,2,6-7H2,1H3. The van der Waals surface area contributed by atoms with E-state index in [9.17, 15) is 5.11 Å². The zero-order chi connectivity index (χ0) is 14.5. The Labute approximate surface area is 132 Å². The molecule has 0 fully saturated rings. The largest absolute Gasteiger partial charge is 0.387 e. The first-order chi connectivity index (χ1) is 9.60. The molecule has 2 aromatic rings. The fraction of sp³-hybridized carbons (Fsp3) is 0.357. The Morgan fingerprint density at radius 2 is 2.20 bits per heavy atom. The lowest BCUT2D eigenvalue weighted by atomic mass is 10.1. The second-order valence-electron chi connectivity index (χ2n) is 4.40. The molecule has 0 spiro atoms. The van der Waals surface area contributed by atoms with Gasteiger partial charge in [0.15, 0.2) is 0 Å². The van der Waals surface area contributed by atoms with Crippen LogP contribution in [0.2, 0.25) is 10.0 Å². The molecule has 0 aliphatic rings. The normalized spacial score (nSPS) is 12.6. The number of nitrogens with one attached hydrogen (secondary N) is 1. The number of aryl methyl sites for hydroxylation is 1. The number of nitrogens with zero attached hydrogens (tertiary/aromatic N) is 1. The average Bonchev–Trinajstić information content (AvgIpc) is 2.86. The van der Waals surface area contributed by atoms with Crippen LogP contribution in [0.1, 0.15) is 29.3 Å². The van der Waals surface area contributed by atoms with Crippen LogP contribution in [0, 0.1) is 0 Å². The summed E-state index contributed by atoms with van der Waals surface area (Å²) in [7, 11) is 0. The number of aliphatic hydroxyl groups excluding tert-OH is 1. The molecule has 108 valence electrons. The number of thiazole rings is 1. The third kappa shape index (κ3) is 4.17. The number of halogens is 2. The van der Waals surface area contributed by atoms with Gasteiger partial charge in [-0.15, -0.1) is 11.3 Å². The van der Waals surface area contributed by atoms with Gasteiger partial charge in [0.1, 0.15) is 0 Å². The minimum atomic E-state index is -0.663. The van der Waals surface area contributed by atoms with Crippen molar-refractivity contribution in [2.24, 2.45) is 0 Å². The first-order valence-electron chi connectivity index (χ1n) is 6.37. The quantitative estimate of drug-likeness (QED) is 0.845. The Bertz CT molecular complexity index is 574. The molecule has 2 rings (SSSR count). The van der Waals surface area contributed by atoms with Crippen molar-refractivity contribution < 1.29 is 5.11 Å². The van der Waals surface area contributed by atoms with Gasteiger partial charge >= 0.3 is 0 Å². The van der Waals surface area contributed by atoms with Gasteiger partial charge in [-0.3, -0.25) is 0 Å². The lowest BCUT2D eigenvalue weighted by Crippen LogP contribution is -2.21. The predicted molar refractivity (Wildman–Crippen MR) is 84.6 cm³/mol. The van der Waals surface area contributed by atoms with E-state index in [0.717, 1.165) is 17.1 Å². The lowest BCUT2D eigenvalue weighted by molar-refractivity contribution is 0.174. The van der Waals surface area contributed by atoms with Crippen molar-refractivity contribution in [1.82, 2.24) is 10.3 Å². The zero-order valence-electron chi connectivity index (χ0n) is 11.1. The molecule has 0 aliphatic heterocycles. The second-order valence-corrected chi connectivity index (χ2v) is 6.18. The van der Waals surface area contributed by atoms with Crippen molar-refractivity contribution in [1.29, 1.82) is 0 Å². The van der Waals surface area contributed by atoms with Gasteiger partial charge in [0, 0.05) is 34.1 Å². The summed E-state index contributed by atoms with van der Waals surface area (Å²) in [5, 5.41) is 17.5. The molecular formula is C14H16Cl2N2OS. The van der Waals surface area contributed by atoms with E-state index in [1.165, 1.54) is 0 Å². The molecule has 0 saturated carbocycles. The Balaban J connectivity index is 1.87. The lowest BCUT2D eigenvalue weighted by Gasteiger charge is -2.13. The maximum Gasteiger partial charge on any atom is 0.0928 e. The monoisotopic (exact) mass is 330 g/mol. The summed E-state index contributed by atoms with van der Waals surface area (Å²) in [6.07, 6.45) is 0.289. The van der Waals surface area contributed by atoms with Crippen molar-refractivity contribution in [2.75, 3.05) is 6.54 Å². The van der Waals surface area contributed by atoms with E-state index in [0.29, 0.717) is 28.7 Å². The van der Waals surface area contributed by atoms with Gasteiger partial charge in [-0.25, -0.2) is 4.98 Å². The van der Waals surface area contributed by atoms with E-state index in [1.807, 2.05) is 5.38 Å². The van der Waals surface area contributed by atoms with Crippen molar-refractivity contribution in [3.63, 3.8) is 0 Å². The summed E-state index contributed by atoms with van der Waals surface area (Å²) < 4.78 is 0. The summed E-state index contributed by atoms with van der Waals surface area (Å²) in [6.45, 7) is 3.14. The van der Waals surface area contributed by atoms with E-state index < -0.39 is 6.10 Å². The molecule has 0 amide bonds. The Morgan fingerprint density at radius 1 is 1.40 bits per heavy atom. The van der Waals surface area contributed by atoms with Crippen LogP contribution >= 0.6 is 34.5 Å². The first-order valence-corrected chi connectivity index (χ1v) is 8.00. The molecule has 20 heavy (non-hydrogen) atoms. The summed E-state index contributed by atoms with van der Waals surface area (Å²) in [4.78, 5) is 4.46. The predicted octanol–water partition coefficient (Wildman–Crippen LogP) is 3.84. The van der Waals surface area contributed by atoms with Gasteiger partial charge in [-0.2, -0.15) is 0 Å². The van der Waals surface area contributed by atoms with Gasteiger partial charge in [0.25, 0.3) is 0 Å². The number of aromatic nitrogens is 1. The third-order valence-electron chi connectivity index (χ3n) is 2.87. The van der Waals surface area contributed by atoms with Gasteiger partial charge in [-0.1, -0.05) is 36.2 Å². The molecule has 3 nitrogen and oxygen atoms in total. The van der Waals surface area contributed by atoms with Crippen LogP contribution in [-0.2, 0) is 13.0 Å². The van der Waals surface area contributed by atoms with Crippen LogP contribution in [0.15, 0.2) is 23.6 Å². The SMILES string of the molecule is CCc1nc(CNCC(O)c2ccc(Cl)cc2Cl)cs1. The van der Waals surface area contributed by atoms with Crippen molar-refractivity contribution >= 4 is 34.5 Å². The number of hydrogen-bond donors (Lipinski definition) is 2. The van der Waals surface area contributed by atoms with E-state index in [4.69, 9.17) is 23.2 Å². The molecule has 6 heteroatoms. The van der Waals surface area contributed by atoms with Crippen LogP contribution in [0.3, 0.4) is 0 Å². The highest BCUT2D eigenvalue weighted by Gasteiger charge is 2.11. The third-order valence-corrected chi connectivity index (χ3v) is 4.47. The molecule has 2 N–H and O–H groups in total. The molecule has 0 radical (unpaired) electrons. The van der Waals surface area contributed by atoms with Crippen LogP contribution in [0.25, 0.3) is 0 Å². The first kappa shape index (κ1) is 15.7. The zero-order valence-corrected chi connectivity index (χ0v) is 13.4.